The largest absolute Gasteiger partial charge is 0.481 e. The van der Waals surface area contributed by atoms with E-state index in [4.69, 9.17) is 21.4 Å². The second kappa shape index (κ2) is 7.51. The molecule has 2 heterocycles. The van der Waals surface area contributed by atoms with Gasteiger partial charge in [0.1, 0.15) is 0 Å². The number of hydrogen-bond donors (Lipinski definition) is 1. The van der Waals surface area contributed by atoms with Crippen LogP contribution in [0, 0.1) is 0 Å². The van der Waals surface area contributed by atoms with Gasteiger partial charge in [0.2, 0.25) is 0 Å². The molecule has 0 radical (unpaired) electrons. The van der Waals surface area contributed by atoms with E-state index in [0.29, 0.717) is 6.54 Å². The van der Waals surface area contributed by atoms with Gasteiger partial charge in [0, 0.05) is 41.9 Å². The van der Waals surface area contributed by atoms with Crippen LogP contribution in [0.3, 0.4) is 0 Å². The number of nitrogens with zero attached hydrogens (tertiary/aromatic N) is 2. The summed E-state index contributed by atoms with van der Waals surface area (Å²) in [6, 6.07) is 6.12. The van der Waals surface area contributed by atoms with Gasteiger partial charge in [-0.3, -0.25) is 9.69 Å². The second-order valence-electron chi connectivity index (χ2n) is 6.20. The third-order valence-corrected chi connectivity index (χ3v) is 5.07. The highest BCUT2D eigenvalue weighted by Crippen LogP contribution is 2.32. The molecule has 6 heteroatoms. The molecule has 2 aliphatic rings. The van der Waals surface area contributed by atoms with Crippen molar-refractivity contribution in [1.29, 1.82) is 0 Å². The van der Waals surface area contributed by atoms with Crippen molar-refractivity contribution in [2.75, 3.05) is 37.7 Å². The average molecular weight is 339 g/mol. The van der Waals surface area contributed by atoms with Gasteiger partial charge in [-0.1, -0.05) is 17.7 Å². The number of aliphatic carboxylic acids is 1. The molecule has 2 aliphatic heterocycles. The van der Waals surface area contributed by atoms with Gasteiger partial charge in [-0.05, 0) is 31.5 Å². The molecule has 0 bridgehead atoms. The van der Waals surface area contributed by atoms with Crippen LogP contribution in [0.1, 0.15) is 24.8 Å². The lowest BCUT2D eigenvalue weighted by Gasteiger charge is -2.32. The molecule has 1 aromatic rings. The van der Waals surface area contributed by atoms with Crippen LogP contribution >= 0.6 is 11.6 Å². The molecule has 0 saturated carbocycles. The summed E-state index contributed by atoms with van der Waals surface area (Å²) in [5.41, 5.74) is 2.26. The topological polar surface area (TPSA) is 53.0 Å². The van der Waals surface area contributed by atoms with E-state index in [1.165, 1.54) is 0 Å². The van der Waals surface area contributed by atoms with Gasteiger partial charge < -0.3 is 14.7 Å². The van der Waals surface area contributed by atoms with Gasteiger partial charge in [-0.15, -0.1) is 0 Å². The number of benzene rings is 1. The van der Waals surface area contributed by atoms with E-state index in [1.54, 1.807) is 0 Å². The van der Waals surface area contributed by atoms with Gasteiger partial charge in [-0.2, -0.15) is 0 Å². The molecule has 2 saturated heterocycles. The molecule has 0 aromatic heterocycles. The Morgan fingerprint density at radius 2 is 2.09 bits per heavy atom. The number of hydrogen-bond acceptors (Lipinski definition) is 4. The van der Waals surface area contributed by atoms with E-state index in [1.807, 2.05) is 12.1 Å². The van der Waals surface area contributed by atoms with Crippen LogP contribution in [0.2, 0.25) is 5.02 Å². The lowest BCUT2D eigenvalue weighted by Crippen LogP contribution is -2.38. The number of morpholine rings is 1. The predicted octanol–water partition coefficient (Wildman–Crippen LogP) is 2.62. The number of carboxylic acids is 1. The fourth-order valence-electron chi connectivity index (χ4n) is 3.54. The van der Waals surface area contributed by atoms with Crippen molar-refractivity contribution in [2.45, 2.75) is 31.8 Å². The molecular formula is C17H23ClN2O3. The quantitative estimate of drug-likeness (QED) is 0.894. The molecule has 1 unspecified atom stereocenters. The third-order valence-electron chi connectivity index (χ3n) is 4.72. The van der Waals surface area contributed by atoms with Crippen LogP contribution in [0.25, 0.3) is 0 Å². The molecular weight excluding hydrogens is 316 g/mol. The van der Waals surface area contributed by atoms with Crippen molar-refractivity contribution in [2.24, 2.45) is 0 Å². The van der Waals surface area contributed by atoms with E-state index in [2.05, 4.69) is 15.9 Å². The van der Waals surface area contributed by atoms with Crippen LogP contribution in [0.4, 0.5) is 5.69 Å². The van der Waals surface area contributed by atoms with Crippen molar-refractivity contribution in [3.63, 3.8) is 0 Å². The number of carbonyl (C=O) groups is 1. The Labute approximate surface area is 141 Å². The number of rotatable bonds is 5. The molecule has 0 amide bonds. The molecule has 0 spiro atoms. The van der Waals surface area contributed by atoms with Crippen molar-refractivity contribution in [3.05, 3.63) is 28.8 Å². The third kappa shape index (κ3) is 3.97. The summed E-state index contributed by atoms with van der Waals surface area (Å²) in [6.07, 6.45) is 2.20. The van der Waals surface area contributed by atoms with Crippen LogP contribution < -0.4 is 4.90 Å². The molecule has 23 heavy (non-hydrogen) atoms. The highest BCUT2D eigenvalue weighted by Gasteiger charge is 2.28. The maximum Gasteiger partial charge on any atom is 0.304 e. The van der Waals surface area contributed by atoms with E-state index in [9.17, 15) is 4.79 Å². The molecule has 1 aromatic carbocycles. The van der Waals surface area contributed by atoms with E-state index < -0.39 is 5.97 Å². The van der Waals surface area contributed by atoms with Gasteiger partial charge in [0.25, 0.3) is 0 Å². The highest BCUT2D eigenvalue weighted by molar-refractivity contribution is 6.31. The number of anilines is 1. The molecule has 1 N–H and O–H groups in total. The Morgan fingerprint density at radius 1 is 1.30 bits per heavy atom. The highest BCUT2D eigenvalue weighted by atomic mass is 35.5. The molecule has 5 nitrogen and oxygen atoms in total. The fraction of sp³-hybridized carbons (Fsp3) is 0.588. The van der Waals surface area contributed by atoms with Crippen molar-refractivity contribution in [3.8, 4) is 0 Å². The first-order chi connectivity index (χ1) is 11.1. The summed E-state index contributed by atoms with van der Waals surface area (Å²) in [4.78, 5) is 15.6. The lowest BCUT2D eigenvalue weighted by atomic mass is 10.1. The Hall–Kier alpha value is -1.30. The summed E-state index contributed by atoms with van der Waals surface area (Å²) in [5, 5.41) is 9.86. The monoisotopic (exact) mass is 338 g/mol. The van der Waals surface area contributed by atoms with Crippen molar-refractivity contribution in [1.82, 2.24) is 4.90 Å². The standard InChI is InChI=1S/C17H23ClN2O3/c18-15-4-1-5-16(19-7-9-23-10-8-19)14(15)12-20-6-2-3-13(20)11-17(21)22/h1,4-5,13H,2-3,6-12H2,(H,21,22). The van der Waals surface area contributed by atoms with Crippen LogP contribution in [-0.2, 0) is 16.1 Å². The van der Waals surface area contributed by atoms with Crippen LogP contribution in [0.5, 0.6) is 0 Å². The smallest absolute Gasteiger partial charge is 0.304 e. The van der Waals surface area contributed by atoms with Crippen molar-refractivity contribution < 1.29 is 14.6 Å². The minimum absolute atomic E-state index is 0.112. The summed E-state index contributed by atoms with van der Waals surface area (Å²) in [6.45, 7) is 4.85. The Morgan fingerprint density at radius 3 is 2.83 bits per heavy atom. The van der Waals surface area contributed by atoms with Gasteiger partial charge in [-0.25, -0.2) is 0 Å². The van der Waals surface area contributed by atoms with Gasteiger partial charge in [0.05, 0.1) is 19.6 Å². The maximum absolute atomic E-state index is 11.1. The Balaban J connectivity index is 1.80. The second-order valence-corrected chi connectivity index (χ2v) is 6.61. The summed E-state index contributed by atoms with van der Waals surface area (Å²) in [7, 11) is 0. The van der Waals surface area contributed by atoms with Gasteiger partial charge >= 0.3 is 5.97 Å². The first-order valence-electron chi connectivity index (χ1n) is 8.21. The van der Waals surface area contributed by atoms with E-state index in [0.717, 1.165) is 62.0 Å². The van der Waals surface area contributed by atoms with Crippen LogP contribution in [0.15, 0.2) is 18.2 Å². The lowest BCUT2D eigenvalue weighted by molar-refractivity contribution is -0.138. The number of halogens is 1. The van der Waals surface area contributed by atoms with E-state index in [-0.39, 0.29) is 12.5 Å². The average Bonchev–Trinajstić information content (AvgIpc) is 2.96. The molecule has 3 rings (SSSR count). The molecule has 1 atom stereocenters. The summed E-state index contributed by atoms with van der Waals surface area (Å²) >= 11 is 6.48. The minimum Gasteiger partial charge on any atom is -0.481 e. The SMILES string of the molecule is O=C(O)CC1CCCN1Cc1c(Cl)cccc1N1CCOCC1. The maximum atomic E-state index is 11.1. The number of carboxylic acid groups (broad SMARTS) is 1. The number of ether oxygens (including phenoxy) is 1. The Kier molecular flexibility index (Phi) is 5.41. The predicted molar refractivity (Wildman–Crippen MR) is 90.2 cm³/mol. The minimum atomic E-state index is -0.727. The number of likely N-dealkylation sites (tertiary alicyclic amines) is 1. The van der Waals surface area contributed by atoms with E-state index >= 15 is 0 Å². The first kappa shape index (κ1) is 16.6. The molecule has 0 aliphatic carbocycles. The summed E-state index contributed by atoms with van der Waals surface area (Å²) < 4.78 is 5.44. The van der Waals surface area contributed by atoms with Gasteiger partial charge in [0.15, 0.2) is 0 Å². The Bertz CT molecular complexity index is 561. The summed E-state index contributed by atoms with van der Waals surface area (Å²) in [5.74, 6) is -0.727. The van der Waals surface area contributed by atoms with Crippen LogP contribution in [-0.4, -0.2) is 54.9 Å². The zero-order valence-corrected chi connectivity index (χ0v) is 14.0. The first-order valence-corrected chi connectivity index (χ1v) is 8.59. The molecule has 126 valence electrons. The normalized spacial score (nSPS) is 22.5. The molecule has 2 fully saturated rings. The zero-order valence-electron chi connectivity index (χ0n) is 13.2. The fourth-order valence-corrected chi connectivity index (χ4v) is 3.77. The van der Waals surface area contributed by atoms with Crippen molar-refractivity contribution >= 4 is 23.3 Å². The zero-order chi connectivity index (χ0) is 16.2.